The summed E-state index contributed by atoms with van der Waals surface area (Å²) < 4.78 is 8.40. The van der Waals surface area contributed by atoms with Crippen LogP contribution in [0.5, 0.6) is 5.75 Å². The molecule has 27 heavy (non-hydrogen) atoms. The predicted molar refractivity (Wildman–Crippen MR) is 104 cm³/mol. The molecule has 4 rings (SSSR count). The molecule has 0 aliphatic heterocycles. The fraction of sp³-hybridized carbons (Fsp3) is 0.100. The molecule has 0 unspecified atom stereocenters. The van der Waals surface area contributed by atoms with Gasteiger partial charge < -0.3 is 4.74 Å². The van der Waals surface area contributed by atoms with Crippen LogP contribution in [0.2, 0.25) is 0 Å². The summed E-state index contributed by atoms with van der Waals surface area (Å²) in [6, 6.07) is 17.1. The Balaban J connectivity index is 1.73. The second kappa shape index (κ2) is 7.25. The minimum Gasteiger partial charge on any atom is -0.493 e. The van der Waals surface area contributed by atoms with Gasteiger partial charge in [0.25, 0.3) is 5.56 Å². The summed E-state index contributed by atoms with van der Waals surface area (Å²) in [5.74, 6) is 0.711. The number of fused-ring (bicyclic) bond motifs is 1. The van der Waals surface area contributed by atoms with Crippen molar-refractivity contribution in [3.63, 3.8) is 0 Å². The van der Waals surface area contributed by atoms with Crippen molar-refractivity contribution < 1.29 is 4.74 Å². The van der Waals surface area contributed by atoms with Gasteiger partial charge >= 0.3 is 0 Å². The van der Waals surface area contributed by atoms with Gasteiger partial charge in [0.2, 0.25) is 0 Å². The van der Waals surface area contributed by atoms with Gasteiger partial charge in [-0.05, 0) is 31.2 Å². The summed E-state index contributed by atoms with van der Waals surface area (Å²) in [5, 5.41) is 8.94. The van der Waals surface area contributed by atoms with Gasteiger partial charge in [-0.25, -0.2) is 9.67 Å². The van der Waals surface area contributed by atoms with Crippen LogP contribution in [0.25, 0.3) is 16.7 Å². The van der Waals surface area contributed by atoms with E-state index in [1.165, 1.54) is 17.2 Å². The van der Waals surface area contributed by atoms with E-state index in [2.05, 4.69) is 15.2 Å². The Morgan fingerprint density at radius 2 is 1.89 bits per heavy atom. The first-order chi connectivity index (χ1) is 13.3. The van der Waals surface area contributed by atoms with Crippen molar-refractivity contribution in [2.24, 2.45) is 5.10 Å². The van der Waals surface area contributed by atoms with Crippen LogP contribution < -0.4 is 10.3 Å². The minimum absolute atomic E-state index is 0.285. The first-order valence-electron chi connectivity index (χ1n) is 8.55. The molecule has 0 aliphatic carbocycles. The van der Waals surface area contributed by atoms with Crippen LogP contribution in [0, 0.1) is 0 Å². The second-order valence-electron chi connectivity index (χ2n) is 5.74. The molecule has 2 aromatic carbocycles. The highest BCUT2D eigenvalue weighted by atomic mass is 16.5. The molecular weight excluding hydrogens is 342 g/mol. The largest absolute Gasteiger partial charge is 0.493 e. The maximum absolute atomic E-state index is 12.7. The van der Waals surface area contributed by atoms with Gasteiger partial charge in [-0.3, -0.25) is 4.79 Å². The highest BCUT2D eigenvalue weighted by Crippen LogP contribution is 2.16. The van der Waals surface area contributed by atoms with Gasteiger partial charge in [0.15, 0.2) is 5.65 Å². The Hall–Kier alpha value is -3.74. The van der Waals surface area contributed by atoms with E-state index in [9.17, 15) is 4.79 Å². The molecule has 7 nitrogen and oxygen atoms in total. The van der Waals surface area contributed by atoms with Crippen molar-refractivity contribution in [1.29, 1.82) is 0 Å². The molecule has 4 aromatic rings. The van der Waals surface area contributed by atoms with Crippen LogP contribution >= 0.6 is 0 Å². The number of nitrogens with zero attached hydrogens (tertiary/aromatic N) is 5. The summed E-state index contributed by atoms with van der Waals surface area (Å²) in [4.78, 5) is 17.1. The molecule has 2 aromatic heterocycles. The van der Waals surface area contributed by atoms with Crippen LogP contribution in [-0.2, 0) is 0 Å². The molecule has 0 amide bonds. The van der Waals surface area contributed by atoms with E-state index in [1.807, 2.05) is 61.5 Å². The van der Waals surface area contributed by atoms with Crippen LogP contribution in [-0.4, -0.2) is 32.3 Å². The van der Waals surface area contributed by atoms with E-state index in [4.69, 9.17) is 4.74 Å². The molecule has 7 heteroatoms. The summed E-state index contributed by atoms with van der Waals surface area (Å²) in [5.41, 5.74) is 1.83. The predicted octanol–water partition coefficient (Wildman–Crippen LogP) is 2.86. The molecular formula is C20H17N5O2. The molecule has 2 heterocycles. The van der Waals surface area contributed by atoms with E-state index < -0.39 is 0 Å². The van der Waals surface area contributed by atoms with E-state index in [1.54, 1.807) is 10.9 Å². The lowest BCUT2D eigenvalue weighted by molar-refractivity contribution is 0.340. The van der Waals surface area contributed by atoms with E-state index in [0.29, 0.717) is 23.4 Å². The lowest BCUT2D eigenvalue weighted by Crippen LogP contribution is -2.17. The molecule has 134 valence electrons. The third-order valence-corrected chi connectivity index (χ3v) is 4.01. The standard InChI is InChI=1S/C20H17N5O2/c1-2-27-18-11-7-6-8-15(18)12-22-24-14-21-19-17(20(24)26)13-23-25(19)16-9-4-3-5-10-16/h3-14H,2H2,1H3/b22-12-. The average molecular weight is 359 g/mol. The highest BCUT2D eigenvalue weighted by molar-refractivity contribution is 5.83. The van der Waals surface area contributed by atoms with Crippen molar-refractivity contribution >= 4 is 17.2 Å². The Labute approximate surface area is 155 Å². The number of ether oxygens (including phenoxy) is 1. The summed E-state index contributed by atoms with van der Waals surface area (Å²) in [6.07, 6.45) is 4.49. The van der Waals surface area contributed by atoms with Crippen molar-refractivity contribution in [2.45, 2.75) is 6.92 Å². The topological polar surface area (TPSA) is 74.3 Å². The smallest absolute Gasteiger partial charge is 0.285 e. The second-order valence-corrected chi connectivity index (χ2v) is 5.74. The highest BCUT2D eigenvalue weighted by Gasteiger charge is 2.11. The number of hydrogen-bond donors (Lipinski definition) is 0. The fourth-order valence-corrected chi connectivity index (χ4v) is 2.74. The quantitative estimate of drug-likeness (QED) is 0.514. The molecule has 0 radical (unpaired) electrons. The monoisotopic (exact) mass is 359 g/mol. The zero-order valence-corrected chi connectivity index (χ0v) is 14.7. The lowest BCUT2D eigenvalue weighted by Gasteiger charge is -2.06. The SMILES string of the molecule is CCOc1ccccc1/C=N\n1cnc2c(cnn2-c2ccccc2)c1=O. The summed E-state index contributed by atoms with van der Waals surface area (Å²) >= 11 is 0. The van der Waals surface area contributed by atoms with Gasteiger partial charge in [0.1, 0.15) is 17.5 Å². The maximum atomic E-state index is 12.7. The van der Waals surface area contributed by atoms with Gasteiger partial charge in [0, 0.05) is 5.56 Å². The van der Waals surface area contributed by atoms with Crippen LogP contribution in [0.3, 0.4) is 0 Å². The van der Waals surface area contributed by atoms with Crippen molar-refractivity contribution in [1.82, 2.24) is 19.4 Å². The third-order valence-electron chi connectivity index (χ3n) is 4.01. The number of rotatable bonds is 5. The number of hydrogen-bond acceptors (Lipinski definition) is 5. The molecule has 0 fully saturated rings. The van der Waals surface area contributed by atoms with Crippen LogP contribution in [0.1, 0.15) is 12.5 Å². The zero-order chi connectivity index (χ0) is 18.6. The first-order valence-corrected chi connectivity index (χ1v) is 8.55. The van der Waals surface area contributed by atoms with Gasteiger partial charge in [-0.1, -0.05) is 30.3 Å². The van der Waals surface area contributed by atoms with Gasteiger partial charge in [-0.15, -0.1) is 0 Å². The molecule has 0 bridgehead atoms. The van der Waals surface area contributed by atoms with E-state index in [0.717, 1.165) is 11.3 Å². The van der Waals surface area contributed by atoms with Crippen LogP contribution in [0.15, 0.2) is 77.0 Å². The Morgan fingerprint density at radius 1 is 1.11 bits per heavy atom. The summed E-state index contributed by atoms with van der Waals surface area (Å²) in [6.45, 7) is 2.47. The van der Waals surface area contributed by atoms with Crippen LogP contribution in [0.4, 0.5) is 0 Å². The molecule has 0 atom stereocenters. The van der Waals surface area contributed by atoms with Gasteiger partial charge in [-0.2, -0.15) is 14.9 Å². The van der Waals surface area contributed by atoms with Crippen molar-refractivity contribution in [3.05, 3.63) is 83.0 Å². The maximum Gasteiger partial charge on any atom is 0.285 e. The zero-order valence-electron chi connectivity index (χ0n) is 14.7. The van der Waals surface area contributed by atoms with Gasteiger partial charge in [0.05, 0.1) is 24.7 Å². The van der Waals surface area contributed by atoms with Crippen molar-refractivity contribution in [2.75, 3.05) is 6.61 Å². The Kier molecular flexibility index (Phi) is 4.49. The number of para-hydroxylation sites is 2. The Morgan fingerprint density at radius 3 is 2.70 bits per heavy atom. The van der Waals surface area contributed by atoms with E-state index >= 15 is 0 Å². The number of benzene rings is 2. The Bertz CT molecular complexity index is 1160. The third kappa shape index (κ3) is 3.22. The molecule has 0 spiro atoms. The van der Waals surface area contributed by atoms with E-state index in [-0.39, 0.29) is 5.56 Å². The minimum atomic E-state index is -0.285. The molecule has 0 aliphatic rings. The summed E-state index contributed by atoms with van der Waals surface area (Å²) in [7, 11) is 0. The number of aromatic nitrogens is 4. The lowest BCUT2D eigenvalue weighted by atomic mass is 10.2. The molecule has 0 N–H and O–H groups in total. The molecule has 0 saturated carbocycles. The fourth-order valence-electron chi connectivity index (χ4n) is 2.74. The average Bonchev–Trinajstić information content (AvgIpc) is 3.14. The normalized spacial score (nSPS) is 11.3. The molecule has 0 saturated heterocycles. The van der Waals surface area contributed by atoms with Crippen molar-refractivity contribution in [3.8, 4) is 11.4 Å². The first kappa shape index (κ1) is 16.7.